The molecule has 0 spiro atoms. The van der Waals surface area contributed by atoms with E-state index in [1.165, 1.54) is 31.4 Å². The van der Waals surface area contributed by atoms with Gasteiger partial charge in [0.2, 0.25) is 0 Å². The van der Waals surface area contributed by atoms with Gasteiger partial charge in [-0.2, -0.15) is 11.8 Å². The van der Waals surface area contributed by atoms with Crippen molar-refractivity contribution < 1.29 is 4.84 Å². The van der Waals surface area contributed by atoms with Gasteiger partial charge in [-0.3, -0.25) is 0 Å². The van der Waals surface area contributed by atoms with Crippen molar-refractivity contribution in [1.82, 2.24) is 5.48 Å². The van der Waals surface area contributed by atoms with Crippen molar-refractivity contribution in [2.75, 3.05) is 19.4 Å². The van der Waals surface area contributed by atoms with Gasteiger partial charge in [0.05, 0.1) is 6.61 Å². The van der Waals surface area contributed by atoms with E-state index in [9.17, 15) is 0 Å². The second-order valence-corrected chi connectivity index (χ2v) is 4.24. The fourth-order valence-electron chi connectivity index (χ4n) is 1.33. The SMILES string of the molecule is CNOCCC1CCCCS1. The highest BCUT2D eigenvalue weighted by Gasteiger charge is 2.12. The molecule has 3 heteroatoms. The Labute approximate surface area is 73.0 Å². The third-order valence-corrected chi connectivity index (χ3v) is 3.43. The summed E-state index contributed by atoms with van der Waals surface area (Å²) < 4.78 is 0. The lowest BCUT2D eigenvalue weighted by Crippen LogP contribution is -2.15. The van der Waals surface area contributed by atoms with Crippen LogP contribution in [0.3, 0.4) is 0 Å². The van der Waals surface area contributed by atoms with Crippen LogP contribution >= 0.6 is 11.8 Å². The molecule has 0 amide bonds. The van der Waals surface area contributed by atoms with E-state index in [0.717, 1.165) is 11.9 Å². The molecule has 2 nitrogen and oxygen atoms in total. The molecule has 1 saturated heterocycles. The summed E-state index contributed by atoms with van der Waals surface area (Å²) in [5.74, 6) is 1.35. The Morgan fingerprint density at radius 3 is 3.09 bits per heavy atom. The molecule has 0 radical (unpaired) electrons. The van der Waals surface area contributed by atoms with Crippen LogP contribution in [0, 0.1) is 0 Å². The lowest BCUT2D eigenvalue weighted by molar-refractivity contribution is 0.0557. The van der Waals surface area contributed by atoms with Crippen LogP contribution in [0.4, 0.5) is 0 Å². The molecule has 1 fully saturated rings. The number of thioether (sulfide) groups is 1. The van der Waals surface area contributed by atoms with E-state index in [4.69, 9.17) is 4.84 Å². The van der Waals surface area contributed by atoms with Crippen LogP contribution in [-0.2, 0) is 4.84 Å². The minimum atomic E-state index is 0.855. The zero-order valence-electron chi connectivity index (χ0n) is 7.14. The Bertz CT molecular complexity index is 94.1. The molecule has 0 bridgehead atoms. The largest absolute Gasteiger partial charge is 0.302 e. The molecule has 1 aliphatic rings. The standard InChI is InChI=1S/C8H17NOS/c1-9-10-6-5-8-4-2-3-7-11-8/h8-9H,2-7H2,1H3. The van der Waals surface area contributed by atoms with Crippen LogP contribution < -0.4 is 5.48 Å². The summed E-state index contributed by atoms with van der Waals surface area (Å²) in [5.41, 5.74) is 2.70. The molecule has 0 aromatic rings. The van der Waals surface area contributed by atoms with Crippen LogP contribution in [-0.4, -0.2) is 24.7 Å². The van der Waals surface area contributed by atoms with Gasteiger partial charge in [-0.25, -0.2) is 5.48 Å². The van der Waals surface area contributed by atoms with Gasteiger partial charge in [-0.15, -0.1) is 0 Å². The van der Waals surface area contributed by atoms with Gasteiger partial charge in [0.1, 0.15) is 0 Å². The molecule has 0 saturated carbocycles. The van der Waals surface area contributed by atoms with E-state index in [2.05, 4.69) is 17.2 Å². The molecule has 1 aliphatic heterocycles. The van der Waals surface area contributed by atoms with E-state index in [1.807, 2.05) is 7.05 Å². The van der Waals surface area contributed by atoms with Crippen molar-refractivity contribution in [1.29, 1.82) is 0 Å². The van der Waals surface area contributed by atoms with Crippen molar-refractivity contribution >= 4 is 11.8 Å². The third-order valence-electron chi connectivity index (χ3n) is 1.96. The molecule has 1 unspecified atom stereocenters. The Hall–Kier alpha value is 0.270. The average Bonchev–Trinajstić information content (AvgIpc) is 2.07. The summed E-state index contributed by atoms with van der Waals surface area (Å²) in [6.45, 7) is 0.855. The van der Waals surface area contributed by atoms with Crippen LogP contribution in [0.15, 0.2) is 0 Å². The smallest absolute Gasteiger partial charge is 0.0692 e. The average molecular weight is 175 g/mol. The molecule has 1 rings (SSSR count). The Morgan fingerprint density at radius 1 is 1.55 bits per heavy atom. The Kier molecular flexibility index (Phi) is 4.99. The van der Waals surface area contributed by atoms with E-state index < -0.39 is 0 Å². The van der Waals surface area contributed by atoms with Crippen molar-refractivity contribution in [2.24, 2.45) is 0 Å². The molecule has 1 heterocycles. The lowest BCUT2D eigenvalue weighted by atomic mass is 10.1. The number of hydrogen-bond donors (Lipinski definition) is 1. The summed E-state index contributed by atoms with van der Waals surface area (Å²) in [4.78, 5) is 5.07. The van der Waals surface area contributed by atoms with Crippen LogP contribution in [0.1, 0.15) is 25.7 Å². The first-order valence-electron chi connectivity index (χ1n) is 4.33. The number of hydroxylamine groups is 1. The Morgan fingerprint density at radius 2 is 2.45 bits per heavy atom. The van der Waals surface area contributed by atoms with Gasteiger partial charge < -0.3 is 4.84 Å². The van der Waals surface area contributed by atoms with E-state index in [0.29, 0.717) is 0 Å². The predicted molar refractivity (Wildman–Crippen MR) is 49.7 cm³/mol. The van der Waals surface area contributed by atoms with Crippen LogP contribution in [0.5, 0.6) is 0 Å². The minimum Gasteiger partial charge on any atom is -0.302 e. The minimum absolute atomic E-state index is 0.855. The Balaban J connectivity index is 1.96. The van der Waals surface area contributed by atoms with Crippen LogP contribution in [0.25, 0.3) is 0 Å². The second kappa shape index (κ2) is 5.86. The second-order valence-electron chi connectivity index (χ2n) is 2.83. The first kappa shape index (κ1) is 9.36. The molecule has 66 valence electrons. The lowest BCUT2D eigenvalue weighted by Gasteiger charge is -2.20. The molecule has 0 aromatic carbocycles. The molecule has 0 aromatic heterocycles. The molecule has 0 aliphatic carbocycles. The normalized spacial score (nSPS) is 25.4. The zero-order valence-corrected chi connectivity index (χ0v) is 7.95. The van der Waals surface area contributed by atoms with Gasteiger partial charge in [0.25, 0.3) is 0 Å². The maximum atomic E-state index is 5.07. The predicted octanol–water partition coefficient (Wildman–Crippen LogP) is 1.81. The van der Waals surface area contributed by atoms with Crippen molar-refractivity contribution in [2.45, 2.75) is 30.9 Å². The number of rotatable bonds is 4. The van der Waals surface area contributed by atoms with E-state index >= 15 is 0 Å². The maximum absolute atomic E-state index is 5.07. The van der Waals surface area contributed by atoms with Crippen molar-refractivity contribution in [3.05, 3.63) is 0 Å². The van der Waals surface area contributed by atoms with E-state index in [-0.39, 0.29) is 0 Å². The summed E-state index contributed by atoms with van der Waals surface area (Å²) in [6.07, 6.45) is 5.41. The molecule has 11 heavy (non-hydrogen) atoms. The number of nitrogens with one attached hydrogen (secondary N) is 1. The van der Waals surface area contributed by atoms with Crippen LogP contribution in [0.2, 0.25) is 0 Å². The maximum Gasteiger partial charge on any atom is 0.0692 e. The van der Waals surface area contributed by atoms with Crippen molar-refractivity contribution in [3.63, 3.8) is 0 Å². The molecular weight excluding hydrogens is 158 g/mol. The van der Waals surface area contributed by atoms with E-state index in [1.54, 1.807) is 0 Å². The van der Waals surface area contributed by atoms with Gasteiger partial charge in [-0.1, -0.05) is 6.42 Å². The fourth-order valence-corrected chi connectivity index (χ4v) is 2.63. The van der Waals surface area contributed by atoms with Gasteiger partial charge >= 0.3 is 0 Å². The van der Waals surface area contributed by atoms with Gasteiger partial charge in [0, 0.05) is 12.3 Å². The quantitative estimate of drug-likeness (QED) is 0.520. The molecule has 1 atom stereocenters. The summed E-state index contributed by atoms with van der Waals surface area (Å²) >= 11 is 2.11. The molecular formula is C8H17NOS. The summed E-state index contributed by atoms with van der Waals surface area (Å²) in [5, 5.41) is 0.858. The monoisotopic (exact) mass is 175 g/mol. The highest BCUT2D eigenvalue weighted by atomic mass is 32.2. The highest BCUT2D eigenvalue weighted by Crippen LogP contribution is 2.27. The summed E-state index contributed by atoms with van der Waals surface area (Å²) in [6, 6.07) is 0. The van der Waals surface area contributed by atoms with Crippen molar-refractivity contribution in [3.8, 4) is 0 Å². The molecule has 1 N–H and O–H groups in total. The highest BCUT2D eigenvalue weighted by molar-refractivity contribution is 7.99. The summed E-state index contributed by atoms with van der Waals surface area (Å²) in [7, 11) is 1.81. The van der Waals surface area contributed by atoms with Gasteiger partial charge in [-0.05, 0) is 25.0 Å². The first-order chi connectivity index (χ1) is 5.43. The fraction of sp³-hybridized carbons (Fsp3) is 1.00. The van der Waals surface area contributed by atoms with Gasteiger partial charge in [0.15, 0.2) is 0 Å². The topological polar surface area (TPSA) is 21.3 Å². The number of hydrogen-bond acceptors (Lipinski definition) is 3. The first-order valence-corrected chi connectivity index (χ1v) is 5.38. The zero-order chi connectivity index (χ0) is 7.94. The third kappa shape index (κ3) is 3.99.